The lowest BCUT2D eigenvalue weighted by atomic mass is 10.2. The molecular weight excluding hydrogens is 322 g/mol. The van der Waals surface area contributed by atoms with Crippen molar-refractivity contribution < 1.29 is 9.47 Å². The topological polar surface area (TPSA) is 69.4 Å². The van der Waals surface area contributed by atoms with Crippen LogP contribution >= 0.6 is 15.9 Å². The number of rotatable bonds is 5. The van der Waals surface area contributed by atoms with Crippen molar-refractivity contribution in [3.05, 3.63) is 40.5 Å². The number of pyridine rings is 1. The van der Waals surface area contributed by atoms with Crippen molar-refractivity contribution in [3.8, 4) is 11.5 Å². The van der Waals surface area contributed by atoms with E-state index >= 15 is 0 Å². The van der Waals surface area contributed by atoms with Gasteiger partial charge in [-0.15, -0.1) is 0 Å². The van der Waals surface area contributed by atoms with Crippen LogP contribution in [-0.2, 0) is 6.54 Å². The maximum atomic E-state index is 5.66. The van der Waals surface area contributed by atoms with E-state index in [-0.39, 0.29) is 0 Å². The third-order valence-corrected chi connectivity index (χ3v) is 3.41. The Morgan fingerprint density at radius 3 is 2.70 bits per heavy atom. The Morgan fingerprint density at radius 2 is 2.05 bits per heavy atom. The van der Waals surface area contributed by atoms with Gasteiger partial charge in [-0.05, 0) is 34.1 Å². The smallest absolute Gasteiger partial charge is 0.140 e. The van der Waals surface area contributed by atoms with Gasteiger partial charge in [0.15, 0.2) is 0 Å². The Balaban J connectivity index is 2.14. The number of benzene rings is 1. The number of hydrogen-bond acceptors (Lipinski definition) is 5. The van der Waals surface area contributed by atoms with Gasteiger partial charge >= 0.3 is 0 Å². The monoisotopic (exact) mass is 337 g/mol. The van der Waals surface area contributed by atoms with Crippen LogP contribution in [-0.4, -0.2) is 19.2 Å². The van der Waals surface area contributed by atoms with Gasteiger partial charge in [-0.2, -0.15) is 0 Å². The van der Waals surface area contributed by atoms with Gasteiger partial charge in [-0.25, -0.2) is 4.98 Å². The van der Waals surface area contributed by atoms with Crippen LogP contribution in [0.3, 0.4) is 0 Å². The first-order valence-corrected chi connectivity index (χ1v) is 6.79. The van der Waals surface area contributed by atoms with Crippen molar-refractivity contribution in [1.82, 2.24) is 4.98 Å². The molecule has 0 atom stereocenters. The fourth-order valence-corrected chi connectivity index (χ4v) is 2.27. The minimum absolute atomic E-state index is 0.586. The molecule has 0 unspecified atom stereocenters. The molecule has 3 N–H and O–H groups in total. The highest BCUT2D eigenvalue weighted by Crippen LogP contribution is 2.27. The number of nitrogens with one attached hydrogen (secondary N) is 1. The molecule has 0 aliphatic rings. The molecule has 0 radical (unpaired) electrons. The summed E-state index contributed by atoms with van der Waals surface area (Å²) < 4.78 is 11.4. The molecule has 0 fully saturated rings. The largest absolute Gasteiger partial charge is 0.497 e. The molecule has 0 amide bonds. The number of halogens is 1. The summed E-state index contributed by atoms with van der Waals surface area (Å²) in [5.41, 5.74) is 7.29. The summed E-state index contributed by atoms with van der Waals surface area (Å²) in [4.78, 5) is 4.23. The summed E-state index contributed by atoms with van der Waals surface area (Å²) in [5, 5.41) is 3.23. The standard InChI is InChI=1S/C14H16BrN3O2/c1-19-11-4-3-9(13(6-11)20-2)7-17-14-12(15)5-10(16)8-18-14/h3-6,8H,7,16H2,1-2H3,(H,17,18). The Kier molecular flexibility index (Phi) is 4.68. The molecule has 1 aromatic heterocycles. The van der Waals surface area contributed by atoms with Crippen molar-refractivity contribution in [2.45, 2.75) is 6.54 Å². The predicted octanol–water partition coefficient (Wildman–Crippen LogP) is 3.06. The first-order chi connectivity index (χ1) is 9.63. The summed E-state index contributed by atoms with van der Waals surface area (Å²) in [5.74, 6) is 2.26. The summed E-state index contributed by atoms with van der Waals surface area (Å²) in [6.07, 6.45) is 1.61. The summed E-state index contributed by atoms with van der Waals surface area (Å²) >= 11 is 3.42. The van der Waals surface area contributed by atoms with Gasteiger partial charge in [0.2, 0.25) is 0 Å². The second-order valence-electron chi connectivity index (χ2n) is 4.13. The number of nitrogen functional groups attached to an aromatic ring is 1. The third-order valence-electron chi connectivity index (χ3n) is 2.80. The predicted molar refractivity (Wildman–Crippen MR) is 83.2 cm³/mol. The molecule has 106 valence electrons. The van der Waals surface area contributed by atoms with Gasteiger partial charge in [0.05, 0.1) is 30.6 Å². The van der Waals surface area contributed by atoms with Gasteiger partial charge in [0.1, 0.15) is 17.3 Å². The Bertz CT molecular complexity index is 605. The molecule has 0 aliphatic heterocycles. The Hall–Kier alpha value is -1.95. The molecule has 20 heavy (non-hydrogen) atoms. The number of nitrogens with two attached hydrogens (primary N) is 1. The van der Waals surface area contributed by atoms with E-state index in [0.29, 0.717) is 12.2 Å². The lowest BCUT2D eigenvalue weighted by Gasteiger charge is -2.12. The maximum absolute atomic E-state index is 5.66. The van der Waals surface area contributed by atoms with E-state index in [2.05, 4.69) is 26.2 Å². The molecule has 0 bridgehead atoms. The molecule has 2 rings (SSSR count). The second-order valence-corrected chi connectivity index (χ2v) is 4.98. The van der Waals surface area contributed by atoms with Gasteiger partial charge in [0.25, 0.3) is 0 Å². The zero-order chi connectivity index (χ0) is 14.5. The molecule has 6 heteroatoms. The van der Waals surface area contributed by atoms with Crippen LogP contribution in [0.2, 0.25) is 0 Å². The van der Waals surface area contributed by atoms with Crippen LogP contribution < -0.4 is 20.5 Å². The molecule has 0 saturated carbocycles. The number of methoxy groups -OCH3 is 2. The first kappa shape index (κ1) is 14.5. The maximum Gasteiger partial charge on any atom is 0.140 e. The first-order valence-electron chi connectivity index (χ1n) is 6.00. The average Bonchev–Trinajstić information content (AvgIpc) is 2.46. The van der Waals surface area contributed by atoms with Gasteiger partial charge in [-0.3, -0.25) is 0 Å². The zero-order valence-corrected chi connectivity index (χ0v) is 12.9. The van der Waals surface area contributed by atoms with Crippen molar-refractivity contribution >= 4 is 27.4 Å². The van der Waals surface area contributed by atoms with Crippen molar-refractivity contribution in [2.75, 3.05) is 25.3 Å². The lowest BCUT2D eigenvalue weighted by molar-refractivity contribution is 0.391. The van der Waals surface area contributed by atoms with Gasteiger partial charge in [-0.1, -0.05) is 0 Å². The highest BCUT2D eigenvalue weighted by Gasteiger charge is 2.07. The fraction of sp³-hybridized carbons (Fsp3) is 0.214. The highest BCUT2D eigenvalue weighted by molar-refractivity contribution is 9.10. The van der Waals surface area contributed by atoms with Crippen molar-refractivity contribution in [3.63, 3.8) is 0 Å². The summed E-state index contributed by atoms with van der Waals surface area (Å²) in [6, 6.07) is 7.50. The van der Waals surface area contributed by atoms with Crippen LogP contribution in [0.15, 0.2) is 34.9 Å². The van der Waals surface area contributed by atoms with E-state index in [1.54, 1.807) is 26.5 Å². The van der Waals surface area contributed by atoms with Crippen LogP contribution in [0.25, 0.3) is 0 Å². The van der Waals surface area contributed by atoms with Crippen molar-refractivity contribution in [1.29, 1.82) is 0 Å². The van der Waals surface area contributed by atoms with E-state index in [9.17, 15) is 0 Å². The lowest BCUT2D eigenvalue weighted by Crippen LogP contribution is -2.04. The van der Waals surface area contributed by atoms with Crippen LogP contribution in [0.4, 0.5) is 11.5 Å². The normalized spacial score (nSPS) is 10.2. The van der Waals surface area contributed by atoms with Gasteiger partial charge in [0, 0.05) is 18.2 Å². The number of aromatic nitrogens is 1. The molecule has 5 nitrogen and oxygen atoms in total. The van der Waals surface area contributed by atoms with E-state index in [0.717, 1.165) is 27.4 Å². The third kappa shape index (κ3) is 3.33. The molecule has 1 heterocycles. The van der Waals surface area contributed by atoms with E-state index < -0.39 is 0 Å². The number of hydrogen-bond donors (Lipinski definition) is 2. The molecule has 2 aromatic rings. The fourth-order valence-electron chi connectivity index (χ4n) is 1.76. The van der Waals surface area contributed by atoms with E-state index in [1.807, 2.05) is 18.2 Å². The summed E-state index contributed by atoms with van der Waals surface area (Å²) in [6.45, 7) is 0.586. The van der Waals surface area contributed by atoms with Crippen LogP contribution in [0.1, 0.15) is 5.56 Å². The molecule has 1 aromatic carbocycles. The molecule has 0 spiro atoms. The minimum atomic E-state index is 0.586. The summed E-state index contributed by atoms with van der Waals surface area (Å²) in [7, 11) is 3.26. The average molecular weight is 338 g/mol. The second kappa shape index (κ2) is 6.47. The minimum Gasteiger partial charge on any atom is -0.497 e. The zero-order valence-electron chi connectivity index (χ0n) is 11.3. The molecular formula is C14H16BrN3O2. The quantitative estimate of drug-likeness (QED) is 0.877. The Morgan fingerprint density at radius 1 is 1.25 bits per heavy atom. The highest BCUT2D eigenvalue weighted by atomic mass is 79.9. The number of ether oxygens (including phenoxy) is 2. The number of anilines is 2. The van der Waals surface area contributed by atoms with Crippen LogP contribution in [0, 0.1) is 0 Å². The van der Waals surface area contributed by atoms with E-state index in [1.165, 1.54) is 0 Å². The SMILES string of the molecule is COc1ccc(CNc2ncc(N)cc2Br)c(OC)c1. The molecule has 0 saturated heterocycles. The van der Waals surface area contributed by atoms with Gasteiger partial charge < -0.3 is 20.5 Å². The molecule has 0 aliphatic carbocycles. The van der Waals surface area contributed by atoms with Crippen molar-refractivity contribution in [2.24, 2.45) is 0 Å². The van der Waals surface area contributed by atoms with Crippen LogP contribution in [0.5, 0.6) is 11.5 Å². The number of nitrogens with zero attached hydrogens (tertiary/aromatic N) is 1. The van der Waals surface area contributed by atoms with E-state index in [4.69, 9.17) is 15.2 Å². The Labute approximate surface area is 126 Å².